The lowest BCUT2D eigenvalue weighted by atomic mass is 10.0. The van der Waals surface area contributed by atoms with Gasteiger partial charge in [-0.25, -0.2) is 0 Å². The summed E-state index contributed by atoms with van der Waals surface area (Å²) in [6.45, 7) is 1.10. The van der Waals surface area contributed by atoms with Crippen LogP contribution in [0.25, 0.3) is 0 Å². The standard InChI is InChI=1S/C23H22ClN3O4/c24-16-5-3-4-15(14-16)21(29)25-17-8-11-26(12-9-17)20(28)10-13-27-22(30)18-6-1-2-7-19(18)23(27)31/h1-7,14,17H,8-13H2,(H,25,29). The van der Waals surface area contributed by atoms with Crippen LogP contribution < -0.4 is 5.32 Å². The van der Waals surface area contributed by atoms with E-state index in [0.29, 0.717) is 47.6 Å². The summed E-state index contributed by atoms with van der Waals surface area (Å²) < 4.78 is 0. The highest BCUT2D eigenvalue weighted by molar-refractivity contribution is 6.31. The van der Waals surface area contributed by atoms with Gasteiger partial charge in [0.1, 0.15) is 0 Å². The Bertz CT molecular complexity index is 1010. The molecule has 2 aromatic carbocycles. The number of carbonyl (C=O) groups is 4. The first-order valence-corrected chi connectivity index (χ1v) is 10.6. The third-order valence-electron chi connectivity index (χ3n) is 5.70. The second-order valence-corrected chi connectivity index (χ2v) is 8.13. The topological polar surface area (TPSA) is 86.8 Å². The SMILES string of the molecule is O=C(NC1CCN(C(=O)CCN2C(=O)c3ccccc3C2=O)CC1)c1cccc(Cl)c1. The average Bonchev–Trinajstić information content (AvgIpc) is 3.02. The number of amides is 4. The molecule has 1 N–H and O–H groups in total. The van der Waals surface area contributed by atoms with Crippen molar-refractivity contribution in [3.05, 3.63) is 70.2 Å². The molecule has 0 aliphatic carbocycles. The molecule has 0 radical (unpaired) electrons. The number of hydrogen-bond acceptors (Lipinski definition) is 4. The molecule has 2 aliphatic rings. The largest absolute Gasteiger partial charge is 0.349 e. The average molecular weight is 440 g/mol. The lowest BCUT2D eigenvalue weighted by molar-refractivity contribution is -0.132. The first-order chi connectivity index (χ1) is 14.9. The maximum absolute atomic E-state index is 12.6. The fourth-order valence-corrected chi connectivity index (χ4v) is 4.17. The molecule has 2 aromatic rings. The Hall–Kier alpha value is -3.19. The quantitative estimate of drug-likeness (QED) is 0.726. The van der Waals surface area contributed by atoms with Crippen molar-refractivity contribution >= 4 is 35.2 Å². The third-order valence-corrected chi connectivity index (χ3v) is 5.93. The molecule has 0 bridgehead atoms. The zero-order valence-corrected chi connectivity index (χ0v) is 17.6. The highest BCUT2D eigenvalue weighted by atomic mass is 35.5. The molecular weight excluding hydrogens is 418 g/mol. The molecule has 7 nitrogen and oxygen atoms in total. The number of nitrogens with zero attached hydrogens (tertiary/aromatic N) is 2. The Morgan fingerprint density at radius 2 is 1.61 bits per heavy atom. The lowest BCUT2D eigenvalue weighted by Crippen LogP contribution is -2.47. The van der Waals surface area contributed by atoms with Crippen molar-refractivity contribution in [1.82, 2.24) is 15.1 Å². The zero-order chi connectivity index (χ0) is 22.0. The molecular formula is C23H22ClN3O4. The molecule has 160 valence electrons. The zero-order valence-electron chi connectivity index (χ0n) is 16.8. The van der Waals surface area contributed by atoms with Crippen molar-refractivity contribution in [1.29, 1.82) is 0 Å². The molecule has 1 saturated heterocycles. The van der Waals surface area contributed by atoms with Gasteiger partial charge >= 0.3 is 0 Å². The van der Waals surface area contributed by atoms with Crippen LogP contribution in [0, 0.1) is 0 Å². The first-order valence-electron chi connectivity index (χ1n) is 10.2. The van der Waals surface area contributed by atoms with E-state index in [2.05, 4.69) is 5.32 Å². The molecule has 1 fully saturated rings. The van der Waals surface area contributed by atoms with E-state index in [1.807, 2.05) is 0 Å². The molecule has 0 aromatic heterocycles. The van der Waals surface area contributed by atoms with Crippen LogP contribution in [-0.4, -0.2) is 59.1 Å². The fourth-order valence-electron chi connectivity index (χ4n) is 3.98. The van der Waals surface area contributed by atoms with Gasteiger partial charge in [-0.3, -0.25) is 24.1 Å². The first kappa shape index (κ1) is 21.1. The highest BCUT2D eigenvalue weighted by Crippen LogP contribution is 2.23. The van der Waals surface area contributed by atoms with E-state index in [9.17, 15) is 19.2 Å². The summed E-state index contributed by atoms with van der Waals surface area (Å²) in [6, 6.07) is 13.4. The van der Waals surface area contributed by atoms with Crippen molar-refractivity contribution in [3.8, 4) is 0 Å². The minimum Gasteiger partial charge on any atom is -0.349 e. The van der Waals surface area contributed by atoms with Crippen LogP contribution in [0.3, 0.4) is 0 Å². The van der Waals surface area contributed by atoms with E-state index >= 15 is 0 Å². The van der Waals surface area contributed by atoms with E-state index < -0.39 is 0 Å². The molecule has 4 amide bonds. The summed E-state index contributed by atoms with van der Waals surface area (Å²) in [5.74, 6) is -0.985. The molecule has 0 atom stereocenters. The van der Waals surface area contributed by atoms with Crippen LogP contribution in [0.5, 0.6) is 0 Å². The van der Waals surface area contributed by atoms with Gasteiger partial charge in [0.05, 0.1) is 11.1 Å². The van der Waals surface area contributed by atoms with Gasteiger partial charge < -0.3 is 10.2 Å². The Kier molecular flexibility index (Phi) is 6.04. The molecule has 4 rings (SSSR count). The Labute approximate surface area is 185 Å². The molecule has 0 saturated carbocycles. The number of hydrogen-bond donors (Lipinski definition) is 1. The number of likely N-dealkylation sites (tertiary alicyclic amines) is 1. The predicted molar refractivity (Wildman–Crippen MR) is 115 cm³/mol. The molecule has 2 heterocycles. The number of nitrogens with one attached hydrogen (secondary N) is 1. The van der Waals surface area contributed by atoms with Crippen molar-refractivity contribution in [2.24, 2.45) is 0 Å². The summed E-state index contributed by atoms with van der Waals surface area (Å²) in [4.78, 5) is 52.7. The van der Waals surface area contributed by atoms with Gasteiger partial charge in [-0.1, -0.05) is 29.8 Å². The van der Waals surface area contributed by atoms with Gasteiger partial charge in [-0.15, -0.1) is 0 Å². The number of rotatable bonds is 5. The number of piperidine rings is 1. The van der Waals surface area contributed by atoms with Crippen LogP contribution >= 0.6 is 11.6 Å². The Morgan fingerprint density at radius 1 is 0.968 bits per heavy atom. The lowest BCUT2D eigenvalue weighted by Gasteiger charge is -2.32. The van der Waals surface area contributed by atoms with Crippen molar-refractivity contribution in [2.75, 3.05) is 19.6 Å². The van der Waals surface area contributed by atoms with E-state index in [1.54, 1.807) is 53.4 Å². The number of carbonyl (C=O) groups excluding carboxylic acids is 4. The van der Waals surface area contributed by atoms with Crippen molar-refractivity contribution < 1.29 is 19.2 Å². The van der Waals surface area contributed by atoms with E-state index in [1.165, 1.54) is 0 Å². The normalized spacial score (nSPS) is 16.4. The second-order valence-electron chi connectivity index (χ2n) is 7.70. The highest BCUT2D eigenvalue weighted by Gasteiger charge is 2.35. The van der Waals surface area contributed by atoms with Crippen molar-refractivity contribution in [3.63, 3.8) is 0 Å². The molecule has 8 heteroatoms. The number of imide groups is 1. The van der Waals surface area contributed by atoms with E-state index in [0.717, 1.165) is 4.90 Å². The summed E-state index contributed by atoms with van der Waals surface area (Å²) in [5, 5.41) is 3.49. The minimum absolute atomic E-state index is 0.0215. The molecule has 31 heavy (non-hydrogen) atoms. The smallest absolute Gasteiger partial charge is 0.261 e. The van der Waals surface area contributed by atoms with Gasteiger partial charge in [0, 0.05) is 42.7 Å². The fraction of sp³-hybridized carbons (Fsp3) is 0.304. The van der Waals surface area contributed by atoms with Crippen LogP contribution in [0.15, 0.2) is 48.5 Å². The van der Waals surface area contributed by atoms with Gasteiger partial charge in [-0.2, -0.15) is 0 Å². The van der Waals surface area contributed by atoms with E-state index in [4.69, 9.17) is 11.6 Å². The monoisotopic (exact) mass is 439 g/mol. The van der Waals surface area contributed by atoms with Crippen LogP contribution in [0.4, 0.5) is 0 Å². The number of halogens is 1. The van der Waals surface area contributed by atoms with Gasteiger partial charge in [-0.05, 0) is 43.2 Å². The molecule has 0 spiro atoms. The maximum atomic E-state index is 12.6. The van der Waals surface area contributed by atoms with Gasteiger partial charge in [0.2, 0.25) is 5.91 Å². The minimum atomic E-state index is -0.351. The second kappa shape index (κ2) is 8.89. The van der Waals surface area contributed by atoms with Gasteiger partial charge in [0.25, 0.3) is 17.7 Å². The summed E-state index contributed by atoms with van der Waals surface area (Å²) >= 11 is 5.94. The van der Waals surface area contributed by atoms with Crippen LogP contribution in [-0.2, 0) is 4.79 Å². The van der Waals surface area contributed by atoms with Crippen LogP contribution in [0.2, 0.25) is 5.02 Å². The maximum Gasteiger partial charge on any atom is 0.261 e. The molecule has 2 aliphatic heterocycles. The summed E-state index contributed by atoms with van der Waals surface area (Å²) in [7, 11) is 0. The van der Waals surface area contributed by atoms with Gasteiger partial charge in [0.15, 0.2) is 0 Å². The van der Waals surface area contributed by atoms with Crippen molar-refractivity contribution in [2.45, 2.75) is 25.3 Å². The summed E-state index contributed by atoms with van der Waals surface area (Å²) in [5.41, 5.74) is 1.28. The van der Waals surface area contributed by atoms with E-state index in [-0.39, 0.29) is 42.6 Å². The number of benzene rings is 2. The van der Waals surface area contributed by atoms with Crippen LogP contribution in [0.1, 0.15) is 50.3 Å². The molecule has 0 unspecified atom stereocenters. The Morgan fingerprint density at radius 3 is 2.23 bits per heavy atom. The predicted octanol–water partition coefficient (Wildman–Crippen LogP) is 2.75. The summed E-state index contributed by atoms with van der Waals surface area (Å²) in [6.07, 6.45) is 1.38. The Balaban J connectivity index is 1.25. The number of fused-ring (bicyclic) bond motifs is 1. The third kappa shape index (κ3) is 4.46.